The van der Waals surface area contributed by atoms with Crippen molar-refractivity contribution in [2.75, 3.05) is 18.8 Å². The Morgan fingerprint density at radius 2 is 2.20 bits per heavy atom. The van der Waals surface area contributed by atoms with E-state index in [2.05, 4.69) is 12.2 Å². The number of carbonyl (C=O) groups is 1. The molecule has 4 unspecified atom stereocenters. The summed E-state index contributed by atoms with van der Waals surface area (Å²) in [4.78, 5) is 14.1. The first kappa shape index (κ1) is 16.0. The molecule has 2 fully saturated rings. The molecule has 1 heterocycles. The van der Waals surface area contributed by atoms with E-state index in [0.29, 0.717) is 23.8 Å². The van der Waals surface area contributed by atoms with E-state index < -0.39 is 0 Å². The number of thioether (sulfide) groups is 1. The number of hydrogen-bond donors (Lipinski definition) is 2. The number of hydrogen-bond acceptors (Lipinski definition) is 3. The van der Waals surface area contributed by atoms with Crippen LogP contribution >= 0.6 is 11.8 Å². The van der Waals surface area contributed by atoms with Gasteiger partial charge in [-0.05, 0) is 37.4 Å². The molecule has 0 aromatic rings. The van der Waals surface area contributed by atoms with E-state index in [0.717, 1.165) is 31.6 Å². The minimum absolute atomic E-state index is 0.0168. The van der Waals surface area contributed by atoms with Crippen LogP contribution in [0.15, 0.2) is 0 Å². The first-order valence-corrected chi connectivity index (χ1v) is 9.00. The first-order valence-electron chi connectivity index (χ1n) is 7.95. The monoisotopic (exact) mass is 300 g/mol. The lowest BCUT2D eigenvalue weighted by atomic mass is 9.94. The third-order valence-corrected chi connectivity index (χ3v) is 5.79. The molecule has 0 aromatic carbocycles. The summed E-state index contributed by atoms with van der Waals surface area (Å²) in [6.07, 6.45) is 5.21. The van der Waals surface area contributed by atoms with E-state index in [-0.39, 0.29) is 12.1 Å². The van der Waals surface area contributed by atoms with Crippen molar-refractivity contribution < 1.29 is 9.90 Å². The van der Waals surface area contributed by atoms with Crippen molar-refractivity contribution in [2.45, 2.75) is 63.3 Å². The summed E-state index contributed by atoms with van der Waals surface area (Å²) in [5, 5.41) is 13.8. The quantitative estimate of drug-likeness (QED) is 0.842. The zero-order valence-electron chi connectivity index (χ0n) is 12.7. The van der Waals surface area contributed by atoms with Crippen LogP contribution in [-0.4, -0.2) is 52.3 Å². The number of nitrogens with one attached hydrogen (secondary N) is 1. The van der Waals surface area contributed by atoms with Crippen molar-refractivity contribution in [1.82, 2.24) is 10.2 Å². The maximum Gasteiger partial charge on any atom is 0.317 e. The standard InChI is InChI=1S/C15H28N2O2S/c1-3-20-13-6-4-5-12(9-13)16-15(19)17-8-7-11(2)14(18)10-17/h11-14,18H,3-10H2,1-2H3,(H,16,19). The maximum atomic E-state index is 12.3. The lowest BCUT2D eigenvalue weighted by Gasteiger charge is -2.36. The molecule has 5 heteroatoms. The van der Waals surface area contributed by atoms with E-state index in [1.165, 1.54) is 12.8 Å². The number of nitrogens with zero attached hydrogens (tertiary/aromatic N) is 1. The number of aliphatic hydroxyl groups excluding tert-OH is 1. The van der Waals surface area contributed by atoms with Crippen molar-refractivity contribution in [3.63, 3.8) is 0 Å². The summed E-state index contributed by atoms with van der Waals surface area (Å²) >= 11 is 2.01. The minimum atomic E-state index is -0.371. The van der Waals surface area contributed by atoms with Crippen molar-refractivity contribution in [3.8, 4) is 0 Å². The molecule has 0 radical (unpaired) electrons. The van der Waals surface area contributed by atoms with Gasteiger partial charge in [0.05, 0.1) is 6.10 Å². The molecule has 1 aliphatic heterocycles. The second kappa shape index (κ2) is 7.55. The van der Waals surface area contributed by atoms with Crippen LogP contribution in [0.4, 0.5) is 4.79 Å². The lowest BCUT2D eigenvalue weighted by molar-refractivity contribution is 0.0427. The number of aliphatic hydroxyl groups is 1. The molecule has 4 atom stereocenters. The van der Waals surface area contributed by atoms with Gasteiger partial charge in [0.1, 0.15) is 0 Å². The van der Waals surface area contributed by atoms with E-state index in [1.54, 1.807) is 4.90 Å². The fourth-order valence-corrected chi connectivity index (χ4v) is 4.34. The van der Waals surface area contributed by atoms with Gasteiger partial charge in [-0.15, -0.1) is 0 Å². The first-order chi connectivity index (χ1) is 9.60. The number of rotatable bonds is 3. The number of likely N-dealkylation sites (tertiary alicyclic amines) is 1. The van der Waals surface area contributed by atoms with Crippen LogP contribution in [0.3, 0.4) is 0 Å². The van der Waals surface area contributed by atoms with Crippen LogP contribution in [-0.2, 0) is 0 Å². The van der Waals surface area contributed by atoms with Crippen LogP contribution in [0.2, 0.25) is 0 Å². The van der Waals surface area contributed by atoms with Crippen molar-refractivity contribution in [1.29, 1.82) is 0 Å². The van der Waals surface area contributed by atoms with Gasteiger partial charge in [0, 0.05) is 24.4 Å². The lowest BCUT2D eigenvalue weighted by Crippen LogP contribution is -2.52. The third kappa shape index (κ3) is 4.29. The van der Waals surface area contributed by atoms with E-state index >= 15 is 0 Å². The van der Waals surface area contributed by atoms with Crippen LogP contribution in [0.25, 0.3) is 0 Å². The summed E-state index contributed by atoms with van der Waals surface area (Å²) in [5.74, 6) is 1.46. The van der Waals surface area contributed by atoms with Crippen LogP contribution < -0.4 is 5.32 Å². The van der Waals surface area contributed by atoms with Gasteiger partial charge < -0.3 is 15.3 Å². The van der Waals surface area contributed by atoms with Crippen LogP contribution in [0.5, 0.6) is 0 Å². The molecule has 0 aromatic heterocycles. The van der Waals surface area contributed by atoms with Gasteiger partial charge >= 0.3 is 6.03 Å². The van der Waals surface area contributed by atoms with Gasteiger partial charge in [-0.2, -0.15) is 11.8 Å². The Labute approximate surface area is 126 Å². The molecule has 2 N–H and O–H groups in total. The summed E-state index contributed by atoms with van der Waals surface area (Å²) < 4.78 is 0. The average molecular weight is 300 g/mol. The molecular formula is C15H28N2O2S. The van der Waals surface area contributed by atoms with Gasteiger partial charge in [-0.25, -0.2) is 4.79 Å². The molecule has 0 spiro atoms. The van der Waals surface area contributed by atoms with Crippen molar-refractivity contribution in [3.05, 3.63) is 0 Å². The van der Waals surface area contributed by atoms with Crippen molar-refractivity contribution >= 4 is 17.8 Å². The summed E-state index contributed by atoms with van der Waals surface area (Å²) in [6.45, 7) is 5.49. The minimum Gasteiger partial charge on any atom is -0.391 e. The van der Waals surface area contributed by atoms with Gasteiger partial charge in [-0.3, -0.25) is 0 Å². The average Bonchev–Trinajstić information content (AvgIpc) is 2.42. The predicted molar refractivity (Wildman–Crippen MR) is 84.1 cm³/mol. The Hall–Kier alpha value is -0.420. The SMILES string of the molecule is CCSC1CCCC(NC(=O)N2CCC(C)C(O)C2)C1. The van der Waals surface area contributed by atoms with Gasteiger partial charge in [-0.1, -0.05) is 20.3 Å². The second-order valence-corrected chi connectivity index (χ2v) is 7.75. The van der Waals surface area contributed by atoms with Crippen LogP contribution in [0, 0.1) is 5.92 Å². The number of carbonyl (C=O) groups excluding carboxylic acids is 1. The molecule has 116 valence electrons. The zero-order valence-corrected chi connectivity index (χ0v) is 13.5. The summed E-state index contributed by atoms with van der Waals surface area (Å²) in [6, 6.07) is 0.333. The Balaban J connectivity index is 1.79. The highest BCUT2D eigenvalue weighted by molar-refractivity contribution is 7.99. The van der Waals surface area contributed by atoms with E-state index in [4.69, 9.17) is 0 Å². The van der Waals surface area contributed by atoms with Crippen molar-refractivity contribution in [2.24, 2.45) is 5.92 Å². The highest BCUT2D eigenvalue weighted by Crippen LogP contribution is 2.28. The highest BCUT2D eigenvalue weighted by atomic mass is 32.2. The highest BCUT2D eigenvalue weighted by Gasteiger charge is 2.29. The number of urea groups is 1. The van der Waals surface area contributed by atoms with Gasteiger partial charge in [0.15, 0.2) is 0 Å². The number of β-amino-alcohol motifs (C(OH)–C–C–N with tert-alkyl or cyclic N) is 1. The second-order valence-electron chi connectivity index (χ2n) is 6.17. The summed E-state index contributed by atoms with van der Waals surface area (Å²) in [5.41, 5.74) is 0. The van der Waals surface area contributed by atoms with E-state index in [9.17, 15) is 9.90 Å². The molecule has 20 heavy (non-hydrogen) atoms. The summed E-state index contributed by atoms with van der Waals surface area (Å²) in [7, 11) is 0. The largest absolute Gasteiger partial charge is 0.391 e. The molecule has 1 saturated heterocycles. The Morgan fingerprint density at radius 1 is 1.40 bits per heavy atom. The molecule has 4 nitrogen and oxygen atoms in total. The predicted octanol–water partition coefficient (Wildman–Crippen LogP) is 2.46. The molecular weight excluding hydrogens is 272 g/mol. The normalized spacial score (nSPS) is 34.9. The fraction of sp³-hybridized carbons (Fsp3) is 0.933. The van der Waals surface area contributed by atoms with Crippen LogP contribution in [0.1, 0.15) is 46.0 Å². The fourth-order valence-electron chi connectivity index (χ4n) is 3.16. The number of amides is 2. The molecule has 2 amide bonds. The van der Waals surface area contributed by atoms with Gasteiger partial charge in [0.2, 0.25) is 0 Å². The Bertz CT molecular complexity index is 325. The molecule has 2 aliphatic rings. The maximum absolute atomic E-state index is 12.3. The molecule has 1 aliphatic carbocycles. The smallest absolute Gasteiger partial charge is 0.317 e. The number of piperidine rings is 1. The molecule has 0 bridgehead atoms. The molecule has 2 rings (SSSR count). The third-order valence-electron chi connectivity index (χ3n) is 4.56. The van der Waals surface area contributed by atoms with Gasteiger partial charge in [0.25, 0.3) is 0 Å². The molecule has 1 saturated carbocycles. The Morgan fingerprint density at radius 3 is 2.90 bits per heavy atom. The topological polar surface area (TPSA) is 52.6 Å². The Kier molecular flexibility index (Phi) is 6.02. The van der Waals surface area contributed by atoms with E-state index in [1.807, 2.05) is 18.7 Å². The zero-order chi connectivity index (χ0) is 14.5.